The molecule has 1 heterocycles. The number of aryl methyl sites for hydroxylation is 2. The van der Waals surface area contributed by atoms with Gasteiger partial charge in [-0.25, -0.2) is 0 Å². The van der Waals surface area contributed by atoms with Gasteiger partial charge in [0.25, 0.3) is 0 Å². The molecule has 0 fully saturated rings. The van der Waals surface area contributed by atoms with Crippen molar-refractivity contribution in [1.29, 1.82) is 0 Å². The van der Waals surface area contributed by atoms with Crippen molar-refractivity contribution in [2.75, 3.05) is 0 Å². The molecule has 2 rings (SSSR count). The molecule has 17 heavy (non-hydrogen) atoms. The van der Waals surface area contributed by atoms with Gasteiger partial charge in [-0.2, -0.15) is 5.10 Å². The highest BCUT2D eigenvalue weighted by Crippen LogP contribution is 2.29. The van der Waals surface area contributed by atoms with Crippen molar-refractivity contribution < 1.29 is 5.11 Å². The molecule has 0 saturated carbocycles. The molecule has 0 radical (unpaired) electrons. The van der Waals surface area contributed by atoms with E-state index in [9.17, 15) is 5.11 Å². The molecule has 1 aromatic heterocycles. The van der Waals surface area contributed by atoms with Crippen molar-refractivity contribution in [2.45, 2.75) is 17.6 Å². The van der Waals surface area contributed by atoms with E-state index in [0.717, 1.165) is 27.1 Å². The number of thioether (sulfide) groups is 1. The van der Waals surface area contributed by atoms with E-state index < -0.39 is 0 Å². The Morgan fingerprint density at radius 2 is 2.24 bits per heavy atom. The van der Waals surface area contributed by atoms with Crippen LogP contribution in [-0.2, 0) is 12.8 Å². The number of aromatic hydroxyl groups is 1. The molecule has 0 bridgehead atoms. The molecule has 0 amide bonds. The van der Waals surface area contributed by atoms with E-state index in [0.29, 0.717) is 0 Å². The predicted molar refractivity (Wildman–Crippen MR) is 70.6 cm³/mol. The number of rotatable bonds is 3. The minimum Gasteiger partial charge on any atom is -0.508 e. The highest BCUT2D eigenvalue weighted by molar-refractivity contribution is 7.98. The molecule has 1 aromatic carbocycles. The summed E-state index contributed by atoms with van der Waals surface area (Å²) >= 11 is 7.79. The topological polar surface area (TPSA) is 38.0 Å². The van der Waals surface area contributed by atoms with Crippen LogP contribution in [0.4, 0.5) is 0 Å². The Labute approximate surface area is 109 Å². The van der Waals surface area contributed by atoms with Crippen LogP contribution in [0.1, 0.15) is 11.4 Å². The first-order valence-corrected chi connectivity index (χ1v) is 6.54. The zero-order valence-corrected chi connectivity index (χ0v) is 11.2. The summed E-state index contributed by atoms with van der Waals surface area (Å²) in [5.41, 5.74) is 1.85. The monoisotopic (exact) mass is 268 g/mol. The van der Waals surface area contributed by atoms with Gasteiger partial charge in [0.2, 0.25) is 0 Å². The average Bonchev–Trinajstić information content (AvgIpc) is 2.51. The minimum atomic E-state index is 0.280. The fraction of sp³-hybridized carbons (Fsp3) is 0.250. The molecule has 3 nitrogen and oxygen atoms in total. The fourth-order valence-electron chi connectivity index (χ4n) is 1.56. The van der Waals surface area contributed by atoms with E-state index in [1.54, 1.807) is 28.6 Å². The van der Waals surface area contributed by atoms with Gasteiger partial charge in [-0.1, -0.05) is 17.7 Å². The molecular weight excluding hydrogens is 256 g/mol. The second-order valence-corrected chi connectivity index (χ2v) is 5.18. The molecular formula is C12H13ClN2OS. The van der Waals surface area contributed by atoms with Crippen molar-refractivity contribution in [2.24, 2.45) is 7.05 Å². The van der Waals surface area contributed by atoms with Crippen molar-refractivity contribution >= 4 is 23.4 Å². The van der Waals surface area contributed by atoms with Crippen molar-refractivity contribution in [3.8, 4) is 5.75 Å². The van der Waals surface area contributed by atoms with E-state index in [1.165, 1.54) is 0 Å². The van der Waals surface area contributed by atoms with Crippen molar-refractivity contribution in [3.05, 3.63) is 40.7 Å². The van der Waals surface area contributed by atoms with Gasteiger partial charge in [0.05, 0.1) is 16.4 Å². The number of hydrogen-bond donors (Lipinski definition) is 1. The number of benzene rings is 1. The highest BCUT2D eigenvalue weighted by atomic mass is 35.5. The molecule has 0 atom stereocenters. The Balaban J connectivity index is 2.12. The number of nitrogens with zero attached hydrogens (tertiary/aromatic N) is 2. The van der Waals surface area contributed by atoms with Crippen LogP contribution in [0.15, 0.2) is 29.2 Å². The molecule has 0 aliphatic heterocycles. The van der Waals surface area contributed by atoms with Crippen LogP contribution < -0.4 is 0 Å². The Bertz CT molecular complexity index is 539. The lowest BCUT2D eigenvalue weighted by molar-refractivity contribution is 0.474. The maximum absolute atomic E-state index is 9.37. The average molecular weight is 269 g/mol. The molecule has 0 aliphatic rings. The lowest BCUT2D eigenvalue weighted by Gasteiger charge is -2.03. The van der Waals surface area contributed by atoms with E-state index in [2.05, 4.69) is 5.10 Å². The van der Waals surface area contributed by atoms with Crippen LogP contribution in [-0.4, -0.2) is 14.9 Å². The fourth-order valence-corrected chi connectivity index (χ4v) is 2.88. The van der Waals surface area contributed by atoms with Gasteiger partial charge in [-0.05, 0) is 25.1 Å². The molecule has 2 aromatic rings. The van der Waals surface area contributed by atoms with Gasteiger partial charge >= 0.3 is 0 Å². The lowest BCUT2D eigenvalue weighted by Crippen LogP contribution is -1.96. The number of aromatic nitrogens is 2. The summed E-state index contributed by atoms with van der Waals surface area (Å²) < 4.78 is 1.80. The number of halogens is 1. The van der Waals surface area contributed by atoms with E-state index >= 15 is 0 Å². The third-order valence-electron chi connectivity index (χ3n) is 2.45. The summed E-state index contributed by atoms with van der Waals surface area (Å²) in [6.45, 7) is 1.89. The number of hydrogen-bond acceptors (Lipinski definition) is 3. The van der Waals surface area contributed by atoms with Crippen LogP contribution in [0.3, 0.4) is 0 Å². The maximum Gasteiger partial charge on any atom is 0.116 e. The molecule has 0 aliphatic carbocycles. The smallest absolute Gasteiger partial charge is 0.116 e. The SMILES string of the molecule is Cc1nn(C)c(CSc2cccc(O)c2)c1Cl. The molecule has 5 heteroatoms. The van der Waals surface area contributed by atoms with Crippen LogP contribution in [0, 0.1) is 6.92 Å². The second kappa shape index (κ2) is 5.02. The van der Waals surface area contributed by atoms with Gasteiger partial charge in [-0.15, -0.1) is 11.8 Å². The lowest BCUT2D eigenvalue weighted by atomic mass is 10.3. The highest BCUT2D eigenvalue weighted by Gasteiger charge is 2.11. The quantitative estimate of drug-likeness (QED) is 0.868. The summed E-state index contributed by atoms with van der Waals surface area (Å²) in [4.78, 5) is 1.01. The molecule has 90 valence electrons. The molecule has 0 unspecified atom stereocenters. The Hall–Kier alpha value is -1.13. The van der Waals surface area contributed by atoms with Crippen LogP contribution >= 0.6 is 23.4 Å². The second-order valence-electron chi connectivity index (χ2n) is 3.76. The maximum atomic E-state index is 9.37. The zero-order chi connectivity index (χ0) is 12.4. The van der Waals surface area contributed by atoms with E-state index in [1.807, 2.05) is 26.1 Å². The summed E-state index contributed by atoms with van der Waals surface area (Å²) in [7, 11) is 1.89. The number of phenols is 1. The standard InChI is InChI=1S/C12H13ClN2OS/c1-8-12(13)11(15(2)14-8)7-17-10-5-3-4-9(16)6-10/h3-6,16H,7H2,1-2H3. The first-order chi connectivity index (χ1) is 8.08. The van der Waals surface area contributed by atoms with Gasteiger partial charge in [0.15, 0.2) is 0 Å². The van der Waals surface area contributed by atoms with Gasteiger partial charge < -0.3 is 5.11 Å². The predicted octanol–water partition coefficient (Wildman–Crippen LogP) is 3.38. The third kappa shape index (κ3) is 2.76. The first-order valence-electron chi connectivity index (χ1n) is 5.17. The van der Waals surface area contributed by atoms with Gasteiger partial charge in [0.1, 0.15) is 5.75 Å². The third-order valence-corrected chi connectivity index (χ3v) is 3.95. The van der Waals surface area contributed by atoms with Gasteiger partial charge in [0, 0.05) is 17.7 Å². The van der Waals surface area contributed by atoms with Crippen LogP contribution in [0.5, 0.6) is 5.75 Å². The Morgan fingerprint density at radius 1 is 1.47 bits per heavy atom. The minimum absolute atomic E-state index is 0.280. The van der Waals surface area contributed by atoms with Crippen molar-refractivity contribution in [3.63, 3.8) is 0 Å². The first kappa shape index (κ1) is 12.3. The van der Waals surface area contributed by atoms with Crippen LogP contribution in [0.2, 0.25) is 5.02 Å². The van der Waals surface area contributed by atoms with Gasteiger partial charge in [-0.3, -0.25) is 4.68 Å². The van der Waals surface area contributed by atoms with Crippen LogP contribution in [0.25, 0.3) is 0 Å². The molecule has 0 spiro atoms. The summed E-state index contributed by atoms with van der Waals surface area (Å²) in [5.74, 6) is 1.02. The van der Waals surface area contributed by atoms with Crippen molar-refractivity contribution in [1.82, 2.24) is 9.78 Å². The summed E-state index contributed by atoms with van der Waals surface area (Å²) in [6.07, 6.45) is 0. The Morgan fingerprint density at radius 3 is 2.82 bits per heavy atom. The normalized spacial score (nSPS) is 10.8. The summed E-state index contributed by atoms with van der Waals surface area (Å²) in [6, 6.07) is 7.18. The Kier molecular flexibility index (Phi) is 3.64. The van der Waals surface area contributed by atoms with E-state index in [4.69, 9.17) is 11.6 Å². The molecule has 0 saturated heterocycles. The zero-order valence-electron chi connectivity index (χ0n) is 9.64. The molecule has 1 N–H and O–H groups in total. The summed E-state index contributed by atoms with van der Waals surface area (Å²) in [5, 5.41) is 14.4. The number of phenolic OH excluding ortho intramolecular Hbond substituents is 1. The van der Waals surface area contributed by atoms with E-state index in [-0.39, 0.29) is 5.75 Å². The largest absolute Gasteiger partial charge is 0.508 e.